The summed E-state index contributed by atoms with van der Waals surface area (Å²) in [7, 11) is 0. The minimum atomic E-state index is 0.0214. The standard InChI is InChI=1S/C25H37N5O2/c1-5-29(6-2)25(32)22-12-14-28(15-13-22)18-24(31)26-16-23-19(3)27-30(20(23)4)17-21-10-8-7-9-11-21/h7-11,22H,5-6,12-18H2,1-4H3,(H,26,31). The largest absolute Gasteiger partial charge is 0.351 e. The van der Waals surface area contributed by atoms with Crippen LogP contribution in [0.3, 0.4) is 0 Å². The van der Waals surface area contributed by atoms with Crippen LogP contribution in [0.25, 0.3) is 0 Å². The van der Waals surface area contributed by atoms with Crippen LogP contribution in [-0.4, -0.2) is 64.1 Å². The monoisotopic (exact) mass is 439 g/mol. The molecule has 32 heavy (non-hydrogen) atoms. The van der Waals surface area contributed by atoms with Gasteiger partial charge in [0.05, 0.1) is 18.8 Å². The molecule has 1 aromatic carbocycles. The molecule has 2 aromatic rings. The number of nitrogens with one attached hydrogen (secondary N) is 1. The first-order valence-electron chi connectivity index (χ1n) is 11.8. The van der Waals surface area contributed by atoms with Crippen molar-refractivity contribution >= 4 is 11.8 Å². The maximum atomic E-state index is 12.6. The van der Waals surface area contributed by atoms with Crippen molar-refractivity contribution < 1.29 is 9.59 Å². The minimum Gasteiger partial charge on any atom is -0.351 e. The number of aromatic nitrogens is 2. The zero-order chi connectivity index (χ0) is 23.1. The van der Waals surface area contributed by atoms with E-state index < -0.39 is 0 Å². The third-order valence-corrected chi connectivity index (χ3v) is 6.55. The predicted molar refractivity (Wildman–Crippen MR) is 126 cm³/mol. The number of aryl methyl sites for hydroxylation is 1. The molecule has 0 aliphatic carbocycles. The second-order valence-corrected chi connectivity index (χ2v) is 8.63. The molecule has 3 rings (SSSR count). The summed E-state index contributed by atoms with van der Waals surface area (Å²) in [5, 5.41) is 7.74. The lowest BCUT2D eigenvalue weighted by Gasteiger charge is -2.33. The summed E-state index contributed by atoms with van der Waals surface area (Å²) in [6.07, 6.45) is 1.65. The van der Waals surface area contributed by atoms with E-state index in [1.807, 2.05) is 48.6 Å². The Morgan fingerprint density at radius 3 is 2.38 bits per heavy atom. The molecular weight excluding hydrogens is 402 g/mol. The van der Waals surface area contributed by atoms with Gasteiger partial charge in [-0.2, -0.15) is 5.10 Å². The highest BCUT2D eigenvalue weighted by Gasteiger charge is 2.28. The molecule has 1 aliphatic rings. The number of carbonyl (C=O) groups excluding carboxylic acids is 2. The Labute approximate surface area is 191 Å². The van der Waals surface area contributed by atoms with E-state index in [-0.39, 0.29) is 17.7 Å². The first-order valence-corrected chi connectivity index (χ1v) is 11.8. The number of hydrogen-bond donors (Lipinski definition) is 1. The maximum Gasteiger partial charge on any atom is 0.234 e. The topological polar surface area (TPSA) is 70.5 Å². The second kappa shape index (κ2) is 11.3. The highest BCUT2D eigenvalue weighted by atomic mass is 16.2. The average Bonchev–Trinajstić information content (AvgIpc) is 3.06. The van der Waals surface area contributed by atoms with Crippen LogP contribution in [0.15, 0.2) is 30.3 Å². The normalized spacial score (nSPS) is 15.0. The van der Waals surface area contributed by atoms with Crippen LogP contribution in [0.1, 0.15) is 49.2 Å². The zero-order valence-corrected chi connectivity index (χ0v) is 19.9. The first-order chi connectivity index (χ1) is 15.4. The van der Waals surface area contributed by atoms with Crippen molar-refractivity contribution in [2.45, 2.75) is 53.6 Å². The fraction of sp³-hybridized carbons (Fsp3) is 0.560. The van der Waals surface area contributed by atoms with E-state index in [1.165, 1.54) is 5.56 Å². The summed E-state index contributed by atoms with van der Waals surface area (Å²) in [5.74, 6) is 0.376. The molecule has 7 heteroatoms. The van der Waals surface area contributed by atoms with Gasteiger partial charge >= 0.3 is 0 Å². The average molecular weight is 440 g/mol. The molecule has 174 valence electrons. The van der Waals surface area contributed by atoms with Gasteiger partial charge in [0.25, 0.3) is 0 Å². The van der Waals surface area contributed by atoms with Crippen molar-refractivity contribution in [2.75, 3.05) is 32.7 Å². The fourth-order valence-electron chi connectivity index (χ4n) is 4.48. The Kier molecular flexibility index (Phi) is 8.45. The molecule has 7 nitrogen and oxygen atoms in total. The number of amides is 2. The zero-order valence-electron chi connectivity index (χ0n) is 19.9. The molecule has 0 radical (unpaired) electrons. The van der Waals surface area contributed by atoms with Crippen molar-refractivity contribution in [1.82, 2.24) is 24.9 Å². The molecule has 0 bridgehead atoms. The number of piperidine rings is 1. The smallest absolute Gasteiger partial charge is 0.234 e. The number of carbonyl (C=O) groups is 2. The predicted octanol–water partition coefficient (Wildman–Crippen LogP) is 2.74. The Morgan fingerprint density at radius 1 is 1.09 bits per heavy atom. The molecule has 0 atom stereocenters. The van der Waals surface area contributed by atoms with E-state index in [1.54, 1.807) is 0 Å². The Hall–Kier alpha value is -2.67. The molecule has 1 N–H and O–H groups in total. The van der Waals surface area contributed by atoms with E-state index in [0.717, 1.165) is 62.5 Å². The molecule has 2 heterocycles. The minimum absolute atomic E-state index is 0.0214. The number of nitrogens with zero attached hydrogens (tertiary/aromatic N) is 4. The van der Waals surface area contributed by atoms with Gasteiger partial charge in [-0.1, -0.05) is 30.3 Å². The summed E-state index contributed by atoms with van der Waals surface area (Å²) in [4.78, 5) is 29.2. The SMILES string of the molecule is CCN(CC)C(=O)C1CCN(CC(=O)NCc2c(C)nn(Cc3ccccc3)c2C)CC1. The summed E-state index contributed by atoms with van der Waals surface area (Å²) in [6.45, 7) is 12.8. The number of likely N-dealkylation sites (tertiary alicyclic amines) is 1. The Morgan fingerprint density at radius 2 is 1.75 bits per heavy atom. The van der Waals surface area contributed by atoms with Crippen LogP contribution in [0, 0.1) is 19.8 Å². The van der Waals surface area contributed by atoms with Crippen molar-refractivity contribution in [3.05, 3.63) is 52.8 Å². The lowest BCUT2D eigenvalue weighted by Crippen LogP contribution is -2.45. The lowest BCUT2D eigenvalue weighted by molar-refractivity contribution is -0.136. The van der Waals surface area contributed by atoms with Crippen LogP contribution in [0.2, 0.25) is 0 Å². The van der Waals surface area contributed by atoms with Crippen molar-refractivity contribution in [1.29, 1.82) is 0 Å². The molecule has 0 spiro atoms. The summed E-state index contributed by atoms with van der Waals surface area (Å²) in [5.41, 5.74) is 4.33. The van der Waals surface area contributed by atoms with Gasteiger partial charge in [-0.05, 0) is 59.2 Å². The van der Waals surface area contributed by atoms with Crippen LogP contribution in [-0.2, 0) is 22.7 Å². The Balaban J connectivity index is 1.47. The van der Waals surface area contributed by atoms with Gasteiger partial charge in [0, 0.05) is 36.8 Å². The van der Waals surface area contributed by atoms with Gasteiger partial charge in [-0.3, -0.25) is 19.2 Å². The van der Waals surface area contributed by atoms with E-state index in [2.05, 4.69) is 34.4 Å². The van der Waals surface area contributed by atoms with Gasteiger partial charge in [-0.25, -0.2) is 0 Å². The third-order valence-electron chi connectivity index (χ3n) is 6.55. The van der Waals surface area contributed by atoms with Gasteiger partial charge in [0.1, 0.15) is 0 Å². The molecule has 1 aliphatic heterocycles. The highest BCUT2D eigenvalue weighted by molar-refractivity contribution is 5.79. The van der Waals surface area contributed by atoms with E-state index in [4.69, 9.17) is 0 Å². The lowest BCUT2D eigenvalue weighted by atomic mass is 9.95. The van der Waals surface area contributed by atoms with Gasteiger partial charge in [0.15, 0.2) is 0 Å². The quantitative estimate of drug-likeness (QED) is 0.652. The molecule has 1 aromatic heterocycles. The summed E-state index contributed by atoms with van der Waals surface area (Å²) in [6, 6.07) is 10.3. The molecular formula is C25H37N5O2. The van der Waals surface area contributed by atoms with Crippen LogP contribution in [0.4, 0.5) is 0 Å². The third kappa shape index (κ3) is 5.97. The van der Waals surface area contributed by atoms with E-state index >= 15 is 0 Å². The summed E-state index contributed by atoms with van der Waals surface area (Å²) < 4.78 is 2.00. The number of benzene rings is 1. The number of rotatable bonds is 9. The van der Waals surface area contributed by atoms with Crippen molar-refractivity contribution in [3.63, 3.8) is 0 Å². The second-order valence-electron chi connectivity index (χ2n) is 8.63. The summed E-state index contributed by atoms with van der Waals surface area (Å²) >= 11 is 0. The molecule has 1 saturated heterocycles. The van der Waals surface area contributed by atoms with Crippen LogP contribution in [0.5, 0.6) is 0 Å². The molecule has 0 unspecified atom stereocenters. The van der Waals surface area contributed by atoms with Crippen molar-refractivity contribution in [3.8, 4) is 0 Å². The van der Waals surface area contributed by atoms with E-state index in [0.29, 0.717) is 13.1 Å². The van der Waals surface area contributed by atoms with Crippen LogP contribution < -0.4 is 5.32 Å². The van der Waals surface area contributed by atoms with Crippen molar-refractivity contribution in [2.24, 2.45) is 5.92 Å². The Bertz CT molecular complexity index is 897. The molecule has 0 saturated carbocycles. The van der Waals surface area contributed by atoms with E-state index in [9.17, 15) is 9.59 Å². The van der Waals surface area contributed by atoms with Gasteiger partial charge in [0.2, 0.25) is 11.8 Å². The number of hydrogen-bond acceptors (Lipinski definition) is 4. The maximum absolute atomic E-state index is 12.6. The van der Waals surface area contributed by atoms with Gasteiger partial charge < -0.3 is 10.2 Å². The first kappa shape index (κ1) is 24.0. The van der Waals surface area contributed by atoms with Crippen LogP contribution >= 0.6 is 0 Å². The highest BCUT2D eigenvalue weighted by Crippen LogP contribution is 2.20. The molecule has 1 fully saturated rings. The fourth-order valence-corrected chi connectivity index (χ4v) is 4.48. The molecule has 2 amide bonds. The van der Waals surface area contributed by atoms with Gasteiger partial charge in [-0.15, -0.1) is 0 Å².